The van der Waals surface area contributed by atoms with Crippen LogP contribution in [-0.2, 0) is 4.79 Å². The number of hydrogen-bond acceptors (Lipinski definition) is 8. The molecule has 2 saturated carbocycles. The number of aliphatic hydroxyl groups excluding tert-OH is 1. The minimum Gasteiger partial charge on any atom is -0.378 e. The van der Waals surface area contributed by atoms with Gasteiger partial charge in [-0.3, -0.25) is 4.79 Å². The van der Waals surface area contributed by atoms with E-state index in [1.807, 2.05) is 24.5 Å². The summed E-state index contributed by atoms with van der Waals surface area (Å²) < 4.78 is 2.24. The van der Waals surface area contributed by atoms with E-state index in [-0.39, 0.29) is 11.9 Å². The second kappa shape index (κ2) is 11.5. The summed E-state index contributed by atoms with van der Waals surface area (Å²) in [5.41, 5.74) is 8.44. The van der Waals surface area contributed by atoms with E-state index in [0.29, 0.717) is 42.7 Å². The average molecular weight is 533 g/mol. The molecule has 6 rings (SSSR count). The summed E-state index contributed by atoms with van der Waals surface area (Å²) in [5.74, 6) is 1.16. The van der Waals surface area contributed by atoms with Crippen molar-refractivity contribution in [2.24, 2.45) is 5.73 Å². The SMILES string of the molecule is N[C@H]1CC[C@H](Nc2nc(NC3CCN(C(=O)C(O)c4ccccc4)CC3)c3ncn(C4CCCC4)c3n2)CC1. The van der Waals surface area contributed by atoms with Crippen LogP contribution in [0.1, 0.15) is 81.9 Å². The highest BCUT2D eigenvalue weighted by Crippen LogP contribution is 2.34. The summed E-state index contributed by atoms with van der Waals surface area (Å²) in [7, 11) is 0. The third-order valence-corrected chi connectivity index (χ3v) is 8.74. The number of piperidine rings is 1. The number of rotatable bonds is 7. The Bertz CT molecular complexity index is 1260. The number of carbonyl (C=O) groups excluding carboxylic acids is 1. The van der Waals surface area contributed by atoms with Crippen LogP contribution in [0, 0.1) is 0 Å². The van der Waals surface area contributed by atoms with E-state index in [4.69, 9.17) is 20.7 Å². The molecule has 1 aromatic carbocycles. The van der Waals surface area contributed by atoms with E-state index in [9.17, 15) is 9.90 Å². The second-order valence-electron chi connectivity index (χ2n) is 11.5. The molecule has 2 aromatic heterocycles. The van der Waals surface area contributed by atoms with Gasteiger partial charge in [0, 0.05) is 37.3 Å². The molecule has 2 aliphatic carbocycles. The van der Waals surface area contributed by atoms with E-state index >= 15 is 0 Å². The fourth-order valence-corrected chi connectivity index (χ4v) is 6.37. The molecule has 39 heavy (non-hydrogen) atoms. The third-order valence-electron chi connectivity index (χ3n) is 8.74. The smallest absolute Gasteiger partial charge is 0.256 e. The molecule has 1 amide bonds. The number of nitrogens with zero attached hydrogens (tertiary/aromatic N) is 5. The monoisotopic (exact) mass is 532 g/mol. The summed E-state index contributed by atoms with van der Waals surface area (Å²) in [5, 5.41) is 17.8. The average Bonchev–Trinajstić information content (AvgIpc) is 3.65. The number of imidazole rings is 1. The van der Waals surface area contributed by atoms with E-state index in [1.165, 1.54) is 12.8 Å². The molecule has 1 unspecified atom stereocenters. The van der Waals surface area contributed by atoms with Crippen molar-refractivity contribution in [1.29, 1.82) is 0 Å². The lowest BCUT2D eigenvalue weighted by Gasteiger charge is -2.34. The second-order valence-corrected chi connectivity index (χ2v) is 11.5. The van der Waals surface area contributed by atoms with Gasteiger partial charge in [-0.25, -0.2) is 4.98 Å². The fraction of sp³-hybridized carbons (Fsp3) is 0.586. The van der Waals surface area contributed by atoms with Crippen molar-refractivity contribution in [3.8, 4) is 0 Å². The summed E-state index contributed by atoms with van der Waals surface area (Å²) in [6, 6.07) is 10.3. The van der Waals surface area contributed by atoms with Crippen molar-refractivity contribution in [2.75, 3.05) is 23.7 Å². The largest absolute Gasteiger partial charge is 0.378 e. The molecular formula is C29H40N8O2. The van der Waals surface area contributed by atoms with Crippen molar-refractivity contribution in [2.45, 2.75) is 94.5 Å². The van der Waals surface area contributed by atoms with E-state index < -0.39 is 6.10 Å². The summed E-state index contributed by atoms with van der Waals surface area (Å²) >= 11 is 0. The molecule has 0 spiro atoms. The molecule has 1 saturated heterocycles. The van der Waals surface area contributed by atoms with Gasteiger partial charge in [0.2, 0.25) is 5.95 Å². The summed E-state index contributed by atoms with van der Waals surface area (Å²) in [4.78, 5) is 29.3. The predicted molar refractivity (Wildman–Crippen MR) is 151 cm³/mol. The fourth-order valence-electron chi connectivity index (χ4n) is 6.37. The van der Waals surface area contributed by atoms with E-state index in [0.717, 1.165) is 68.3 Å². The summed E-state index contributed by atoms with van der Waals surface area (Å²) in [6.45, 7) is 1.16. The molecule has 10 heteroatoms. The van der Waals surface area contributed by atoms with E-state index in [1.54, 1.807) is 17.0 Å². The van der Waals surface area contributed by atoms with Crippen LogP contribution in [0.4, 0.5) is 11.8 Å². The molecule has 1 aliphatic heterocycles. The normalized spacial score (nSPS) is 23.7. The number of anilines is 2. The molecule has 3 aromatic rings. The lowest BCUT2D eigenvalue weighted by molar-refractivity contribution is -0.141. The molecule has 1 atom stereocenters. The van der Waals surface area contributed by atoms with Gasteiger partial charge in [0.25, 0.3) is 5.91 Å². The zero-order chi connectivity index (χ0) is 26.8. The van der Waals surface area contributed by atoms with Crippen molar-refractivity contribution < 1.29 is 9.90 Å². The Kier molecular flexibility index (Phi) is 7.65. The number of nitrogens with one attached hydrogen (secondary N) is 2. The lowest BCUT2D eigenvalue weighted by atomic mass is 9.92. The quantitative estimate of drug-likeness (QED) is 0.361. The van der Waals surface area contributed by atoms with Gasteiger partial charge < -0.3 is 30.9 Å². The van der Waals surface area contributed by atoms with Crippen molar-refractivity contribution in [1.82, 2.24) is 24.4 Å². The van der Waals surface area contributed by atoms with Gasteiger partial charge in [-0.05, 0) is 56.9 Å². The predicted octanol–water partition coefficient (Wildman–Crippen LogP) is 3.76. The Morgan fingerprint density at radius 2 is 1.62 bits per heavy atom. The van der Waals surface area contributed by atoms with Gasteiger partial charge in [-0.1, -0.05) is 43.2 Å². The molecular weight excluding hydrogens is 492 g/mol. The maximum Gasteiger partial charge on any atom is 0.256 e. The first-order valence-electron chi connectivity index (χ1n) is 14.6. The Morgan fingerprint density at radius 1 is 0.923 bits per heavy atom. The summed E-state index contributed by atoms with van der Waals surface area (Å²) in [6.07, 6.45) is 11.2. The van der Waals surface area contributed by atoms with Gasteiger partial charge in [-0.15, -0.1) is 0 Å². The molecule has 3 aliphatic rings. The molecule has 10 nitrogen and oxygen atoms in total. The third kappa shape index (κ3) is 5.72. The zero-order valence-electron chi connectivity index (χ0n) is 22.5. The first-order valence-corrected chi connectivity index (χ1v) is 14.6. The Hall–Kier alpha value is -3.24. The lowest BCUT2D eigenvalue weighted by Crippen LogP contribution is -2.44. The maximum absolute atomic E-state index is 12.9. The highest BCUT2D eigenvalue weighted by molar-refractivity contribution is 5.85. The number of likely N-dealkylation sites (tertiary alicyclic amines) is 1. The highest BCUT2D eigenvalue weighted by atomic mass is 16.3. The zero-order valence-corrected chi connectivity index (χ0v) is 22.5. The van der Waals surface area contributed by atoms with Crippen LogP contribution in [0.2, 0.25) is 0 Å². The van der Waals surface area contributed by atoms with Gasteiger partial charge in [0.1, 0.15) is 0 Å². The molecule has 208 valence electrons. The standard InChI is InChI=1S/C29H40N8O2/c30-20-10-12-21(13-11-20)33-29-34-26(24-27(35-29)37(18-31-24)23-8-4-5-9-23)32-22-14-16-36(17-15-22)28(39)25(38)19-6-2-1-3-7-19/h1-3,6-7,18,20-23,25,38H,4-5,8-17,30H2,(H2,32,33,34,35)/t20-,21-,25?. The molecule has 5 N–H and O–H groups in total. The Balaban J connectivity index is 1.17. The topological polar surface area (TPSA) is 134 Å². The van der Waals surface area contributed by atoms with Crippen molar-refractivity contribution in [3.05, 3.63) is 42.2 Å². The number of hydrogen-bond donors (Lipinski definition) is 4. The number of carbonyl (C=O) groups is 1. The van der Waals surface area contributed by atoms with Crippen LogP contribution in [0.3, 0.4) is 0 Å². The van der Waals surface area contributed by atoms with Crippen LogP contribution in [-0.4, -0.2) is 66.6 Å². The number of aliphatic hydroxyl groups is 1. The number of benzene rings is 1. The van der Waals surface area contributed by atoms with Crippen molar-refractivity contribution in [3.63, 3.8) is 0 Å². The molecule has 0 radical (unpaired) electrons. The first-order chi connectivity index (χ1) is 19.0. The number of aromatic nitrogens is 4. The van der Waals surface area contributed by atoms with Crippen LogP contribution < -0.4 is 16.4 Å². The Labute approximate surface area is 229 Å². The van der Waals surface area contributed by atoms with E-state index in [2.05, 4.69) is 15.2 Å². The van der Waals surface area contributed by atoms with Gasteiger partial charge in [0.05, 0.1) is 6.33 Å². The molecule has 0 bridgehead atoms. The van der Waals surface area contributed by atoms with Crippen LogP contribution in [0.15, 0.2) is 36.7 Å². The molecule has 3 fully saturated rings. The van der Waals surface area contributed by atoms with Crippen LogP contribution >= 0.6 is 0 Å². The van der Waals surface area contributed by atoms with Gasteiger partial charge in [0.15, 0.2) is 23.1 Å². The minimum atomic E-state index is -1.13. The Morgan fingerprint density at radius 3 is 2.33 bits per heavy atom. The number of fused-ring (bicyclic) bond motifs is 1. The molecule has 3 heterocycles. The maximum atomic E-state index is 12.9. The van der Waals surface area contributed by atoms with Gasteiger partial charge in [-0.2, -0.15) is 9.97 Å². The van der Waals surface area contributed by atoms with Gasteiger partial charge >= 0.3 is 0 Å². The first kappa shape index (κ1) is 26.0. The minimum absolute atomic E-state index is 0.151. The van der Waals surface area contributed by atoms with Crippen LogP contribution in [0.5, 0.6) is 0 Å². The van der Waals surface area contributed by atoms with Crippen molar-refractivity contribution >= 4 is 28.8 Å². The number of nitrogens with two attached hydrogens (primary N) is 1. The number of amides is 1. The van der Waals surface area contributed by atoms with Crippen LogP contribution in [0.25, 0.3) is 11.2 Å². The highest BCUT2D eigenvalue weighted by Gasteiger charge is 2.29.